The number of carbonyl (C=O) groups is 2. The number of aryl methyl sites for hydroxylation is 1. The number of nitrogens with one attached hydrogen (secondary N) is 2. The van der Waals surface area contributed by atoms with Crippen LogP contribution >= 0.6 is 0 Å². The molecular weight excluding hydrogens is 326 g/mol. The lowest BCUT2D eigenvalue weighted by Gasteiger charge is -2.02. The molecule has 0 radical (unpaired) electrons. The number of rotatable bonds is 6. The van der Waals surface area contributed by atoms with Crippen LogP contribution in [0.3, 0.4) is 0 Å². The van der Waals surface area contributed by atoms with E-state index in [4.69, 9.17) is 9.52 Å². The topological polar surface area (TPSA) is 131 Å². The van der Waals surface area contributed by atoms with E-state index in [0.717, 1.165) is 0 Å². The van der Waals surface area contributed by atoms with Crippen molar-refractivity contribution in [3.63, 3.8) is 0 Å². The first-order chi connectivity index (χ1) is 10.7. The number of carbonyl (C=O) groups excluding carboxylic acids is 1. The van der Waals surface area contributed by atoms with Crippen LogP contribution in [0.1, 0.15) is 26.8 Å². The Morgan fingerprint density at radius 1 is 1.35 bits per heavy atom. The van der Waals surface area contributed by atoms with Gasteiger partial charge in [0.25, 0.3) is 5.91 Å². The molecule has 0 spiro atoms. The zero-order valence-electron chi connectivity index (χ0n) is 12.4. The van der Waals surface area contributed by atoms with E-state index >= 15 is 0 Å². The predicted molar refractivity (Wildman–Crippen MR) is 78.5 cm³/mol. The zero-order chi connectivity index (χ0) is 17.2. The van der Waals surface area contributed by atoms with Crippen molar-refractivity contribution in [3.8, 4) is 0 Å². The molecule has 23 heavy (non-hydrogen) atoms. The molecule has 0 aliphatic rings. The Kier molecular flexibility index (Phi) is 4.57. The monoisotopic (exact) mass is 341 g/mol. The molecule has 2 rings (SSSR count). The lowest BCUT2D eigenvalue weighted by atomic mass is 10.4. The summed E-state index contributed by atoms with van der Waals surface area (Å²) >= 11 is 0. The second-order valence-electron chi connectivity index (χ2n) is 4.65. The van der Waals surface area contributed by atoms with Crippen molar-refractivity contribution in [2.24, 2.45) is 7.05 Å². The predicted octanol–water partition coefficient (Wildman–Crippen LogP) is 0.154. The number of nitrogens with zero attached hydrogens (tertiary/aromatic N) is 1. The standard InChI is InChI=1S/C13H15N3O6S/c1-14-12(17)10-5-9(7-16(10)2)23(20,21)15-6-8-3-4-11(22-8)13(18)19/h3-5,7,15H,6H2,1-2H3,(H,14,17)(H,18,19). The maximum atomic E-state index is 12.2. The van der Waals surface area contributed by atoms with E-state index in [1.54, 1.807) is 7.05 Å². The molecule has 1 amide bonds. The molecule has 0 saturated carbocycles. The number of furan rings is 1. The zero-order valence-corrected chi connectivity index (χ0v) is 13.2. The first-order valence-corrected chi connectivity index (χ1v) is 7.93. The maximum Gasteiger partial charge on any atom is 0.371 e. The molecule has 0 saturated heterocycles. The summed E-state index contributed by atoms with van der Waals surface area (Å²) in [5.41, 5.74) is 0.194. The van der Waals surface area contributed by atoms with Crippen molar-refractivity contribution in [1.29, 1.82) is 0 Å². The molecule has 9 nitrogen and oxygen atoms in total. The van der Waals surface area contributed by atoms with Crippen LogP contribution in [0.2, 0.25) is 0 Å². The molecule has 2 aromatic heterocycles. The molecule has 10 heteroatoms. The fourth-order valence-corrected chi connectivity index (χ4v) is 2.93. The third kappa shape index (κ3) is 3.60. The Morgan fingerprint density at radius 3 is 2.61 bits per heavy atom. The number of carboxylic acid groups (broad SMARTS) is 1. The fourth-order valence-electron chi connectivity index (χ4n) is 1.87. The Labute approximate surface area is 132 Å². The lowest BCUT2D eigenvalue weighted by Crippen LogP contribution is -2.22. The Morgan fingerprint density at radius 2 is 2.04 bits per heavy atom. The molecule has 0 aromatic carbocycles. The minimum Gasteiger partial charge on any atom is -0.475 e. The van der Waals surface area contributed by atoms with Gasteiger partial charge in [0.1, 0.15) is 16.3 Å². The molecular formula is C13H15N3O6S. The van der Waals surface area contributed by atoms with Crippen LogP contribution in [0.4, 0.5) is 0 Å². The number of hydrogen-bond donors (Lipinski definition) is 3. The molecule has 124 valence electrons. The lowest BCUT2D eigenvalue weighted by molar-refractivity contribution is 0.0660. The highest BCUT2D eigenvalue weighted by molar-refractivity contribution is 7.89. The maximum absolute atomic E-state index is 12.2. The summed E-state index contributed by atoms with van der Waals surface area (Å²) in [5.74, 6) is -1.77. The Bertz CT molecular complexity index is 849. The van der Waals surface area contributed by atoms with Gasteiger partial charge in [0.05, 0.1) is 6.54 Å². The van der Waals surface area contributed by atoms with E-state index in [1.165, 1.54) is 36.0 Å². The SMILES string of the molecule is CNC(=O)c1cc(S(=O)(=O)NCc2ccc(C(=O)O)o2)cn1C. The van der Waals surface area contributed by atoms with E-state index in [-0.39, 0.29) is 28.7 Å². The molecule has 0 atom stereocenters. The number of carboxylic acids is 1. The highest BCUT2D eigenvalue weighted by Gasteiger charge is 2.20. The van der Waals surface area contributed by atoms with E-state index in [9.17, 15) is 18.0 Å². The van der Waals surface area contributed by atoms with Gasteiger partial charge in [0.15, 0.2) is 0 Å². The van der Waals surface area contributed by atoms with Crippen molar-refractivity contribution in [2.75, 3.05) is 7.05 Å². The van der Waals surface area contributed by atoms with Gasteiger partial charge in [0, 0.05) is 20.3 Å². The van der Waals surface area contributed by atoms with Gasteiger partial charge < -0.3 is 19.4 Å². The van der Waals surface area contributed by atoms with E-state index in [0.29, 0.717) is 0 Å². The van der Waals surface area contributed by atoms with Crippen LogP contribution in [0, 0.1) is 0 Å². The average Bonchev–Trinajstić information content (AvgIpc) is 3.11. The summed E-state index contributed by atoms with van der Waals surface area (Å²) in [6.45, 7) is -0.209. The first kappa shape index (κ1) is 16.8. The first-order valence-electron chi connectivity index (χ1n) is 6.44. The van der Waals surface area contributed by atoms with Crippen molar-refractivity contribution in [1.82, 2.24) is 14.6 Å². The molecule has 0 unspecified atom stereocenters. The third-order valence-electron chi connectivity index (χ3n) is 3.06. The normalized spacial score (nSPS) is 11.4. The van der Waals surface area contributed by atoms with Gasteiger partial charge in [-0.15, -0.1) is 0 Å². The molecule has 0 bridgehead atoms. The van der Waals surface area contributed by atoms with E-state index in [1.807, 2.05) is 0 Å². The molecule has 0 fully saturated rings. The minimum absolute atomic E-state index is 0.0800. The fraction of sp³-hybridized carbons (Fsp3) is 0.231. The van der Waals surface area contributed by atoms with Gasteiger partial charge >= 0.3 is 5.97 Å². The largest absolute Gasteiger partial charge is 0.475 e. The van der Waals surface area contributed by atoms with Crippen LogP contribution in [0.25, 0.3) is 0 Å². The molecule has 3 N–H and O–H groups in total. The molecule has 0 aliphatic heterocycles. The Balaban J connectivity index is 2.15. The van der Waals surface area contributed by atoms with Crippen LogP contribution in [-0.4, -0.2) is 37.0 Å². The number of sulfonamides is 1. The number of hydrogen-bond acceptors (Lipinski definition) is 5. The average molecular weight is 341 g/mol. The highest BCUT2D eigenvalue weighted by atomic mass is 32.2. The van der Waals surface area contributed by atoms with Crippen LogP contribution in [0.15, 0.2) is 33.7 Å². The smallest absolute Gasteiger partial charge is 0.371 e. The Hall–Kier alpha value is -2.59. The highest BCUT2D eigenvalue weighted by Crippen LogP contribution is 2.15. The van der Waals surface area contributed by atoms with Gasteiger partial charge in [0.2, 0.25) is 15.8 Å². The summed E-state index contributed by atoms with van der Waals surface area (Å²) in [5, 5.41) is 11.2. The van der Waals surface area contributed by atoms with E-state index in [2.05, 4.69) is 10.0 Å². The third-order valence-corrected chi connectivity index (χ3v) is 4.43. The quantitative estimate of drug-likeness (QED) is 0.686. The van der Waals surface area contributed by atoms with Gasteiger partial charge in [-0.2, -0.15) is 0 Å². The summed E-state index contributed by atoms with van der Waals surface area (Å²) < 4.78 is 33.1. The van der Waals surface area contributed by atoms with Crippen molar-refractivity contribution in [3.05, 3.63) is 41.6 Å². The van der Waals surface area contributed by atoms with Crippen molar-refractivity contribution < 1.29 is 27.5 Å². The van der Waals surface area contributed by atoms with Crippen LogP contribution in [-0.2, 0) is 23.6 Å². The van der Waals surface area contributed by atoms with Crippen LogP contribution in [0.5, 0.6) is 0 Å². The second-order valence-corrected chi connectivity index (χ2v) is 6.41. The van der Waals surface area contributed by atoms with E-state index < -0.39 is 21.9 Å². The summed E-state index contributed by atoms with van der Waals surface area (Å²) in [4.78, 5) is 22.2. The summed E-state index contributed by atoms with van der Waals surface area (Å²) in [6.07, 6.45) is 1.30. The number of aromatic carboxylic acids is 1. The van der Waals surface area contributed by atoms with Gasteiger partial charge in [-0.25, -0.2) is 17.9 Å². The molecule has 2 heterocycles. The number of aromatic nitrogens is 1. The molecule has 2 aromatic rings. The minimum atomic E-state index is -3.87. The van der Waals surface area contributed by atoms with Gasteiger partial charge in [-0.05, 0) is 18.2 Å². The van der Waals surface area contributed by atoms with Gasteiger partial charge in [-0.1, -0.05) is 0 Å². The van der Waals surface area contributed by atoms with Crippen molar-refractivity contribution >= 4 is 21.9 Å². The van der Waals surface area contributed by atoms with Gasteiger partial charge in [-0.3, -0.25) is 4.79 Å². The number of amides is 1. The van der Waals surface area contributed by atoms with Crippen molar-refractivity contribution in [2.45, 2.75) is 11.4 Å². The van der Waals surface area contributed by atoms with Crippen LogP contribution < -0.4 is 10.0 Å². The molecule has 0 aliphatic carbocycles. The summed E-state index contributed by atoms with van der Waals surface area (Å²) in [6, 6.07) is 3.84. The summed E-state index contributed by atoms with van der Waals surface area (Å²) in [7, 11) is -0.877. The second kappa shape index (κ2) is 6.26.